The highest BCUT2D eigenvalue weighted by molar-refractivity contribution is 9.10. The fraction of sp³-hybridized carbons (Fsp3) is 0.143. The average molecular weight is 435 g/mol. The van der Waals surface area contributed by atoms with E-state index in [-0.39, 0.29) is 18.0 Å². The Morgan fingerprint density at radius 3 is 2.19 bits per heavy atom. The molecule has 21 heavy (non-hydrogen) atoms. The van der Waals surface area contributed by atoms with Gasteiger partial charge in [0.15, 0.2) is 0 Å². The van der Waals surface area contributed by atoms with Crippen molar-refractivity contribution in [1.82, 2.24) is 4.72 Å². The number of halogens is 2. The lowest BCUT2D eigenvalue weighted by Gasteiger charge is -2.09. The summed E-state index contributed by atoms with van der Waals surface area (Å²) in [6, 6.07) is 12.0. The zero-order valence-electron chi connectivity index (χ0n) is 10.9. The first kappa shape index (κ1) is 16.6. The third-order valence-electron chi connectivity index (χ3n) is 2.85. The third-order valence-corrected chi connectivity index (χ3v) is 5.75. The van der Waals surface area contributed by atoms with Crippen LogP contribution in [0, 0.1) is 0 Å². The first-order valence-electron chi connectivity index (χ1n) is 6.06. The topological polar surface area (TPSA) is 66.4 Å². The minimum Gasteiger partial charge on any atom is -0.392 e. The van der Waals surface area contributed by atoms with Crippen molar-refractivity contribution in [1.29, 1.82) is 0 Å². The van der Waals surface area contributed by atoms with Gasteiger partial charge < -0.3 is 5.11 Å². The summed E-state index contributed by atoms with van der Waals surface area (Å²) in [5, 5.41) is 9.04. The van der Waals surface area contributed by atoms with Crippen LogP contribution in [-0.4, -0.2) is 13.5 Å². The Kier molecular flexibility index (Phi) is 5.56. The molecule has 4 nitrogen and oxygen atoms in total. The van der Waals surface area contributed by atoms with E-state index in [1.165, 1.54) is 6.07 Å². The standard InChI is InChI=1S/C14H13Br2NO3S/c15-12-4-1-10(2-5-12)8-17-21(19,20)14-6-3-11(9-18)7-13(14)16/h1-7,17-18H,8-9H2. The molecule has 2 aromatic carbocycles. The predicted molar refractivity (Wildman–Crippen MR) is 88.2 cm³/mol. The summed E-state index contributed by atoms with van der Waals surface area (Å²) in [5.41, 5.74) is 1.51. The van der Waals surface area contributed by atoms with E-state index in [4.69, 9.17) is 5.11 Å². The van der Waals surface area contributed by atoms with Gasteiger partial charge in [0.2, 0.25) is 10.0 Å². The van der Waals surface area contributed by atoms with Gasteiger partial charge in [0.05, 0.1) is 11.5 Å². The van der Waals surface area contributed by atoms with E-state index in [1.54, 1.807) is 12.1 Å². The molecule has 0 saturated heterocycles. The maximum absolute atomic E-state index is 12.3. The van der Waals surface area contributed by atoms with Crippen molar-refractivity contribution >= 4 is 41.9 Å². The van der Waals surface area contributed by atoms with Gasteiger partial charge in [0, 0.05) is 15.5 Å². The Labute approximate surface area is 140 Å². The molecule has 0 aliphatic carbocycles. The van der Waals surface area contributed by atoms with Crippen molar-refractivity contribution in [3.63, 3.8) is 0 Å². The summed E-state index contributed by atoms with van der Waals surface area (Å²) in [7, 11) is -3.61. The summed E-state index contributed by atoms with van der Waals surface area (Å²) in [6.45, 7) is 0.0784. The van der Waals surface area contributed by atoms with Gasteiger partial charge >= 0.3 is 0 Å². The zero-order valence-corrected chi connectivity index (χ0v) is 14.9. The van der Waals surface area contributed by atoms with Gasteiger partial charge in [-0.2, -0.15) is 0 Å². The second-order valence-corrected chi connectivity index (χ2v) is 7.88. The molecule has 0 spiro atoms. The predicted octanol–water partition coefficient (Wildman–Crippen LogP) is 3.18. The van der Waals surface area contributed by atoms with Gasteiger partial charge in [-0.05, 0) is 51.3 Å². The molecule has 0 fully saturated rings. The van der Waals surface area contributed by atoms with Gasteiger partial charge in [0.1, 0.15) is 0 Å². The largest absolute Gasteiger partial charge is 0.392 e. The van der Waals surface area contributed by atoms with E-state index in [9.17, 15) is 8.42 Å². The minimum absolute atomic E-state index is 0.134. The molecule has 0 heterocycles. The summed E-state index contributed by atoms with van der Waals surface area (Å²) in [4.78, 5) is 0.150. The van der Waals surface area contributed by atoms with Crippen LogP contribution in [0.15, 0.2) is 56.3 Å². The molecule has 0 saturated carbocycles. The number of nitrogens with one attached hydrogen (secondary N) is 1. The molecule has 0 aliphatic rings. The highest BCUT2D eigenvalue weighted by Gasteiger charge is 2.17. The van der Waals surface area contributed by atoms with Crippen LogP contribution in [0.5, 0.6) is 0 Å². The fourth-order valence-corrected chi connectivity index (χ4v) is 4.12. The summed E-state index contributed by atoms with van der Waals surface area (Å²) < 4.78 is 28.5. The Hall–Kier alpha value is -0.730. The summed E-state index contributed by atoms with van der Waals surface area (Å²) in [6.07, 6.45) is 0. The monoisotopic (exact) mass is 433 g/mol. The highest BCUT2D eigenvalue weighted by atomic mass is 79.9. The second-order valence-electron chi connectivity index (χ2n) is 4.37. The molecule has 0 aromatic heterocycles. The Balaban J connectivity index is 2.16. The molecule has 2 rings (SSSR count). The van der Waals surface area contributed by atoms with Crippen LogP contribution >= 0.6 is 31.9 Å². The Bertz CT molecular complexity index is 730. The van der Waals surface area contributed by atoms with Gasteiger partial charge in [-0.3, -0.25) is 0 Å². The van der Waals surface area contributed by atoms with E-state index in [0.29, 0.717) is 10.0 Å². The molecule has 0 bridgehead atoms. The van der Waals surface area contributed by atoms with Crippen LogP contribution in [0.2, 0.25) is 0 Å². The van der Waals surface area contributed by atoms with Crippen LogP contribution in [0.3, 0.4) is 0 Å². The van der Waals surface area contributed by atoms with Crippen LogP contribution in [0.1, 0.15) is 11.1 Å². The molecule has 0 aliphatic heterocycles. The maximum atomic E-state index is 12.3. The number of rotatable bonds is 5. The third kappa shape index (κ3) is 4.37. The smallest absolute Gasteiger partial charge is 0.241 e. The lowest BCUT2D eigenvalue weighted by Crippen LogP contribution is -2.23. The molecule has 0 amide bonds. The van der Waals surface area contributed by atoms with Crippen molar-refractivity contribution in [2.75, 3.05) is 0 Å². The first-order chi connectivity index (χ1) is 9.92. The van der Waals surface area contributed by atoms with E-state index < -0.39 is 10.0 Å². The van der Waals surface area contributed by atoms with Crippen LogP contribution in [-0.2, 0) is 23.2 Å². The number of aliphatic hydroxyl groups excluding tert-OH is 1. The van der Waals surface area contributed by atoms with Gasteiger partial charge in [-0.15, -0.1) is 0 Å². The second kappa shape index (κ2) is 7.02. The van der Waals surface area contributed by atoms with Crippen molar-refractivity contribution < 1.29 is 13.5 Å². The molecular weight excluding hydrogens is 422 g/mol. The number of benzene rings is 2. The molecule has 2 N–H and O–H groups in total. The molecule has 7 heteroatoms. The van der Waals surface area contributed by atoms with Gasteiger partial charge in [-0.1, -0.05) is 34.1 Å². The minimum atomic E-state index is -3.61. The summed E-state index contributed by atoms with van der Waals surface area (Å²) in [5.74, 6) is 0. The lowest BCUT2D eigenvalue weighted by molar-refractivity contribution is 0.281. The zero-order chi connectivity index (χ0) is 15.5. The number of hydrogen-bond donors (Lipinski definition) is 2. The highest BCUT2D eigenvalue weighted by Crippen LogP contribution is 2.23. The van der Waals surface area contributed by atoms with E-state index in [0.717, 1.165) is 10.0 Å². The number of hydrogen-bond acceptors (Lipinski definition) is 3. The van der Waals surface area contributed by atoms with Crippen molar-refractivity contribution in [3.05, 3.63) is 62.5 Å². The van der Waals surface area contributed by atoms with Crippen LogP contribution in [0.4, 0.5) is 0 Å². The van der Waals surface area contributed by atoms with Gasteiger partial charge in [-0.25, -0.2) is 13.1 Å². The van der Waals surface area contributed by atoms with Crippen molar-refractivity contribution in [2.24, 2.45) is 0 Å². The average Bonchev–Trinajstić information content (AvgIpc) is 2.46. The van der Waals surface area contributed by atoms with E-state index in [1.807, 2.05) is 24.3 Å². The van der Waals surface area contributed by atoms with Crippen molar-refractivity contribution in [2.45, 2.75) is 18.0 Å². The van der Waals surface area contributed by atoms with E-state index in [2.05, 4.69) is 36.6 Å². The Morgan fingerprint density at radius 1 is 1.00 bits per heavy atom. The van der Waals surface area contributed by atoms with Crippen molar-refractivity contribution in [3.8, 4) is 0 Å². The Morgan fingerprint density at radius 2 is 1.62 bits per heavy atom. The normalized spacial score (nSPS) is 11.6. The molecule has 0 atom stereocenters. The SMILES string of the molecule is O=S(=O)(NCc1ccc(Br)cc1)c1ccc(CO)cc1Br. The van der Waals surface area contributed by atoms with E-state index >= 15 is 0 Å². The van der Waals surface area contributed by atoms with Gasteiger partial charge in [0.25, 0.3) is 0 Å². The molecule has 0 unspecified atom stereocenters. The number of sulfonamides is 1. The first-order valence-corrected chi connectivity index (χ1v) is 9.12. The molecule has 2 aromatic rings. The molecular formula is C14H13Br2NO3S. The molecule has 0 radical (unpaired) electrons. The fourth-order valence-electron chi connectivity index (χ4n) is 1.72. The van der Waals surface area contributed by atoms with Crippen LogP contribution in [0.25, 0.3) is 0 Å². The number of aliphatic hydroxyl groups is 1. The quantitative estimate of drug-likeness (QED) is 0.759. The summed E-state index contributed by atoms with van der Waals surface area (Å²) >= 11 is 6.55. The maximum Gasteiger partial charge on any atom is 0.241 e. The lowest BCUT2D eigenvalue weighted by atomic mass is 10.2. The molecule has 112 valence electrons. The van der Waals surface area contributed by atoms with Crippen LogP contribution < -0.4 is 4.72 Å².